The molecule has 2 amide bonds. The van der Waals surface area contributed by atoms with Crippen LogP contribution in [-0.4, -0.2) is 35.5 Å². The minimum Gasteiger partial charge on any atom is -0.331 e. The summed E-state index contributed by atoms with van der Waals surface area (Å²) in [6.45, 7) is 1.25. The van der Waals surface area contributed by atoms with Crippen LogP contribution < -0.4 is 11.1 Å². The van der Waals surface area contributed by atoms with Gasteiger partial charge in [-0.3, -0.25) is 9.59 Å². The summed E-state index contributed by atoms with van der Waals surface area (Å²) < 4.78 is 37.8. The van der Waals surface area contributed by atoms with E-state index in [2.05, 4.69) is 5.32 Å². The molecule has 1 saturated carbocycles. The van der Waals surface area contributed by atoms with Gasteiger partial charge < -0.3 is 16.0 Å². The van der Waals surface area contributed by atoms with Crippen LogP contribution in [0.15, 0.2) is 24.3 Å². The molecule has 0 aliphatic heterocycles. The summed E-state index contributed by atoms with van der Waals surface area (Å²) in [7, 11) is 0. The van der Waals surface area contributed by atoms with Crippen LogP contribution in [0.3, 0.4) is 0 Å². The maximum atomic E-state index is 12.6. The van der Waals surface area contributed by atoms with Gasteiger partial charge in [0.2, 0.25) is 5.91 Å². The third kappa shape index (κ3) is 5.45. The van der Waals surface area contributed by atoms with Crippen LogP contribution in [0.2, 0.25) is 0 Å². The Bertz CT molecular complexity index is 649. The lowest BCUT2D eigenvalue weighted by Gasteiger charge is -2.22. The maximum Gasteiger partial charge on any atom is 0.471 e. The van der Waals surface area contributed by atoms with Crippen molar-refractivity contribution in [2.45, 2.75) is 51.4 Å². The van der Waals surface area contributed by atoms with Gasteiger partial charge in [0.1, 0.15) is 0 Å². The van der Waals surface area contributed by atoms with Crippen LogP contribution in [0.5, 0.6) is 0 Å². The summed E-state index contributed by atoms with van der Waals surface area (Å²) in [4.78, 5) is 24.3. The number of nitrogens with one attached hydrogen (secondary N) is 1. The minimum atomic E-state index is -4.90. The van der Waals surface area contributed by atoms with E-state index in [0.717, 1.165) is 24.2 Å². The number of hydrogen-bond acceptors (Lipinski definition) is 3. The van der Waals surface area contributed by atoms with Crippen molar-refractivity contribution in [1.82, 2.24) is 4.90 Å². The van der Waals surface area contributed by atoms with E-state index in [0.29, 0.717) is 17.7 Å². The van der Waals surface area contributed by atoms with Gasteiger partial charge >= 0.3 is 12.1 Å². The Morgan fingerprint density at radius 3 is 2.62 bits per heavy atom. The zero-order valence-electron chi connectivity index (χ0n) is 14.7. The second-order valence-corrected chi connectivity index (χ2v) is 6.62. The first-order chi connectivity index (χ1) is 12.2. The van der Waals surface area contributed by atoms with Crippen LogP contribution in [0.25, 0.3) is 0 Å². The molecule has 0 saturated heterocycles. The molecule has 2 atom stereocenters. The quantitative estimate of drug-likeness (QED) is 0.807. The molecule has 144 valence electrons. The van der Waals surface area contributed by atoms with Crippen LogP contribution in [0.4, 0.5) is 18.9 Å². The van der Waals surface area contributed by atoms with Crippen LogP contribution in [0.1, 0.15) is 38.2 Å². The Morgan fingerprint density at radius 1 is 1.31 bits per heavy atom. The van der Waals surface area contributed by atoms with E-state index in [1.54, 1.807) is 24.3 Å². The van der Waals surface area contributed by atoms with Gasteiger partial charge in [-0.05, 0) is 43.4 Å². The highest BCUT2D eigenvalue weighted by Crippen LogP contribution is 2.27. The highest BCUT2D eigenvalue weighted by atomic mass is 19.4. The molecule has 1 fully saturated rings. The van der Waals surface area contributed by atoms with Gasteiger partial charge in [-0.15, -0.1) is 0 Å². The van der Waals surface area contributed by atoms with Gasteiger partial charge in [-0.2, -0.15) is 13.2 Å². The first-order valence-corrected chi connectivity index (χ1v) is 8.71. The fourth-order valence-corrected chi connectivity index (χ4v) is 3.24. The van der Waals surface area contributed by atoms with Crippen molar-refractivity contribution in [1.29, 1.82) is 0 Å². The average Bonchev–Trinajstić information content (AvgIpc) is 2.96. The fourth-order valence-electron chi connectivity index (χ4n) is 3.24. The van der Waals surface area contributed by atoms with E-state index in [9.17, 15) is 22.8 Å². The lowest BCUT2D eigenvalue weighted by Crippen LogP contribution is -2.40. The van der Waals surface area contributed by atoms with Gasteiger partial charge in [0, 0.05) is 31.2 Å². The number of nitrogens with zero attached hydrogens (tertiary/aromatic N) is 1. The third-order valence-electron chi connectivity index (χ3n) is 4.66. The molecule has 1 aliphatic rings. The van der Waals surface area contributed by atoms with E-state index in [1.807, 2.05) is 0 Å². The molecule has 1 aromatic rings. The number of benzene rings is 1. The Labute approximate surface area is 150 Å². The molecule has 1 aliphatic carbocycles. The van der Waals surface area contributed by atoms with Gasteiger partial charge in [0.25, 0.3) is 0 Å². The predicted octanol–water partition coefficient (Wildman–Crippen LogP) is 3.05. The molecule has 0 aromatic heterocycles. The highest BCUT2D eigenvalue weighted by molar-refractivity contribution is 5.91. The highest BCUT2D eigenvalue weighted by Gasteiger charge is 2.41. The maximum absolute atomic E-state index is 12.6. The fraction of sp³-hybridized carbons (Fsp3) is 0.556. The van der Waals surface area contributed by atoms with Crippen LogP contribution in [0, 0.1) is 5.92 Å². The molecule has 5 nitrogen and oxygen atoms in total. The van der Waals surface area contributed by atoms with Gasteiger partial charge in [-0.1, -0.05) is 18.6 Å². The third-order valence-corrected chi connectivity index (χ3v) is 4.66. The number of carbonyl (C=O) groups is 2. The van der Waals surface area contributed by atoms with Crippen LogP contribution in [-0.2, 0) is 16.1 Å². The summed E-state index contributed by atoms with van der Waals surface area (Å²) >= 11 is 0. The number of nitrogens with two attached hydrogens (primary N) is 1. The van der Waals surface area contributed by atoms with Crippen molar-refractivity contribution in [3.05, 3.63) is 29.8 Å². The van der Waals surface area contributed by atoms with Crippen molar-refractivity contribution >= 4 is 17.5 Å². The lowest BCUT2D eigenvalue weighted by molar-refractivity contribution is -0.185. The van der Waals surface area contributed by atoms with E-state index >= 15 is 0 Å². The summed E-state index contributed by atoms with van der Waals surface area (Å²) in [5.74, 6) is -1.87. The molecule has 1 aromatic carbocycles. The molecule has 0 heterocycles. The molecule has 8 heteroatoms. The topological polar surface area (TPSA) is 75.4 Å². The van der Waals surface area contributed by atoms with Crippen molar-refractivity contribution in [3.63, 3.8) is 0 Å². The number of amides is 2. The van der Waals surface area contributed by atoms with E-state index in [1.165, 1.54) is 6.92 Å². The van der Waals surface area contributed by atoms with Crippen molar-refractivity contribution in [2.24, 2.45) is 11.7 Å². The van der Waals surface area contributed by atoms with Crippen molar-refractivity contribution in [2.75, 3.05) is 11.9 Å². The zero-order chi connectivity index (χ0) is 19.3. The minimum absolute atomic E-state index is 0.0403. The largest absolute Gasteiger partial charge is 0.471 e. The van der Waals surface area contributed by atoms with Crippen molar-refractivity contribution < 1.29 is 22.8 Å². The number of rotatable bonds is 6. The molecule has 26 heavy (non-hydrogen) atoms. The Balaban J connectivity index is 1.98. The van der Waals surface area contributed by atoms with E-state index < -0.39 is 12.1 Å². The SMILES string of the molecule is CCN(Cc1cccc(NC(=O)C[C@@H]2CCC[C@H]2N)c1)C(=O)C(F)(F)F. The second kappa shape index (κ2) is 8.53. The first-order valence-electron chi connectivity index (χ1n) is 8.71. The molecule has 3 N–H and O–H groups in total. The first kappa shape index (κ1) is 20.2. The smallest absolute Gasteiger partial charge is 0.331 e. The summed E-state index contributed by atoms with van der Waals surface area (Å²) in [6.07, 6.45) is -1.69. The molecule has 0 spiro atoms. The normalized spacial score (nSPS) is 20.0. The molecular weight excluding hydrogens is 347 g/mol. The number of halogens is 3. The second-order valence-electron chi connectivity index (χ2n) is 6.62. The standard InChI is InChI=1S/C18H24F3N3O2/c1-2-24(17(26)18(19,20)21)11-12-5-3-7-14(9-12)23-16(25)10-13-6-4-8-15(13)22/h3,5,7,9,13,15H,2,4,6,8,10-11,22H2,1H3,(H,23,25)/t13-,15+/m0/s1. The monoisotopic (exact) mass is 371 g/mol. The number of anilines is 1. The summed E-state index contributed by atoms with van der Waals surface area (Å²) in [5, 5.41) is 2.76. The Kier molecular flexibility index (Phi) is 6.63. The number of hydrogen-bond donors (Lipinski definition) is 2. The number of alkyl halides is 3. The Hall–Kier alpha value is -2.09. The molecule has 0 unspecified atom stereocenters. The predicted molar refractivity (Wildman–Crippen MR) is 92.2 cm³/mol. The summed E-state index contributed by atoms with van der Waals surface area (Å²) in [6, 6.07) is 6.54. The van der Waals surface area contributed by atoms with E-state index in [4.69, 9.17) is 5.73 Å². The zero-order valence-corrected chi connectivity index (χ0v) is 14.7. The van der Waals surface area contributed by atoms with Gasteiger partial charge in [0.15, 0.2) is 0 Å². The van der Waals surface area contributed by atoms with E-state index in [-0.39, 0.29) is 31.0 Å². The van der Waals surface area contributed by atoms with Crippen LogP contribution >= 0.6 is 0 Å². The van der Waals surface area contributed by atoms with Gasteiger partial charge in [0.05, 0.1) is 0 Å². The van der Waals surface area contributed by atoms with Crippen molar-refractivity contribution in [3.8, 4) is 0 Å². The average molecular weight is 371 g/mol. The summed E-state index contributed by atoms with van der Waals surface area (Å²) in [5.41, 5.74) is 6.98. The lowest BCUT2D eigenvalue weighted by atomic mass is 10.00. The number of carbonyl (C=O) groups excluding carboxylic acids is 2. The molecule has 0 radical (unpaired) electrons. The molecular formula is C18H24F3N3O2. The molecule has 0 bridgehead atoms. The van der Waals surface area contributed by atoms with Gasteiger partial charge in [-0.25, -0.2) is 0 Å². The Morgan fingerprint density at radius 2 is 2.04 bits per heavy atom. The molecule has 2 rings (SSSR count).